The highest BCUT2D eigenvalue weighted by Gasteiger charge is 2.18. The molecule has 1 unspecified atom stereocenters. The summed E-state index contributed by atoms with van der Waals surface area (Å²) < 4.78 is 5.05. The van der Waals surface area contributed by atoms with E-state index in [9.17, 15) is 10.2 Å². The van der Waals surface area contributed by atoms with Gasteiger partial charge in [-0.25, -0.2) is 0 Å². The molecule has 5 nitrogen and oxygen atoms in total. The molecule has 0 spiro atoms. The molecule has 90 valence electrons. The molecule has 0 aliphatic heterocycles. The minimum Gasteiger partial charge on any atom is -0.507 e. The quantitative estimate of drug-likeness (QED) is 0.853. The van der Waals surface area contributed by atoms with Gasteiger partial charge in [-0.05, 0) is 18.6 Å². The maximum absolute atomic E-state index is 9.66. The zero-order valence-corrected chi connectivity index (χ0v) is 9.71. The van der Waals surface area contributed by atoms with Gasteiger partial charge in [0.2, 0.25) is 0 Å². The lowest BCUT2D eigenvalue weighted by Gasteiger charge is -2.01. The molecule has 0 saturated carbocycles. The van der Waals surface area contributed by atoms with Crippen LogP contribution in [0.1, 0.15) is 32.0 Å². The summed E-state index contributed by atoms with van der Waals surface area (Å²) in [7, 11) is 0. The van der Waals surface area contributed by atoms with Crippen LogP contribution in [-0.2, 0) is 0 Å². The van der Waals surface area contributed by atoms with Crippen molar-refractivity contribution in [2.75, 3.05) is 0 Å². The molecule has 2 rings (SSSR count). The monoisotopic (exact) mass is 234 g/mol. The second kappa shape index (κ2) is 4.45. The first kappa shape index (κ1) is 11.4. The molecule has 2 N–H and O–H groups in total. The number of hydrogen-bond acceptors (Lipinski definition) is 5. The summed E-state index contributed by atoms with van der Waals surface area (Å²) in [6, 6.07) is 4.46. The van der Waals surface area contributed by atoms with E-state index in [-0.39, 0.29) is 28.9 Å². The average molecular weight is 234 g/mol. The van der Waals surface area contributed by atoms with Gasteiger partial charge in [0, 0.05) is 5.92 Å². The van der Waals surface area contributed by atoms with E-state index >= 15 is 0 Å². The van der Waals surface area contributed by atoms with Crippen LogP contribution in [0.3, 0.4) is 0 Å². The number of hydrogen-bond donors (Lipinski definition) is 2. The van der Waals surface area contributed by atoms with E-state index in [1.54, 1.807) is 6.07 Å². The maximum atomic E-state index is 9.66. The van der Waals surface area contributed by atoms with Crippen molar-refractivity contribution in [1.29, 1.82) is 0 Å². The van der Waals surface area contributed by atoms with Gasteiger partial charge < -0.3 is 14.7 Å². The minimum absolute atomic E-state index is 0.0793. The molecule has 0 aliphatic carbocycles. The summed E-state index contributed by atoms with van der Waals surface area (Å²) in [6.07, 6.45) is 0.895. The second-order valence-corrected chi connectivity index (χ2v) is 3.94. The average Bonchev–Trinajstić information content (AvgIpc) is 2.77. The summed E-state index contributed by atoms with van der Waals surface area (Å²) in [5.41, 5.74) is 0.176. The number of rotatable bonds is 3. The molecule has 17 heavy (non-hydrogen) atoms. The molecule has 0 aliphatic rings. The van der Waals surface area contributed by atoms with E-state index in [2.05, 4.69) is 10.1 Å². The Morgan fingerprint density at radius 2 is 1.94 bits per heavy atom. The zero-order chi connectivity index (χ0) is 12.4. The largest absolute Gasteiger partial charge is 0.507 e. The SMILES string of the molecule is CCC(C)c1noc(-c2c(O)cccc2O)n1. The van der Waals surface area contributed by atoms with E-state index in [4.69, 9.17) is 4.52 Å². The van der Waals surface area contributed by atoms with Crippen molar-refractivity contribution < 1.29 is 14.7 Å². The smallest absolute Gasteiger partial charge is 0.265 e. The summed E-state index contributed by atoms with van der Waals surface area (Å²) >= 11 is 0. The van der Waals surface area contributed by atoms with Crippen molar-refractivity contribution in [3.8, 4) is 23.0 Å². The molecule has 0 amide bonds. The van der Waals surface area contributed by atoms with E-state index in [1.165, 1.54) is 12.1 Å². The third-order valence-electron chi connectivity index (χ3n) is 2.73. The van der Waals surface area contributed by atoms with Gasteiger partial charge in [-0.2, -0.15) is 4.98 Å². The lowest BCUT2D eigenvalue weighted by molar-refractivity contribution is 0.405. The van der Waals surface area contributed by atoms with Gasteiger partial charge in [0.1, 0.15) is 17.1 Å². The van der Waals surface area contributed by atoms with Gasteiger partial charge in [0.15, 0.2) is 5.82 Å². The highest BCUT2D eigenvalue weighted by Crippen LogP contribution is 2.36. The molecule has 2 aromatic rings. The van der Waals surface area contributed by atoms with Crippen molar-refractivity contribution >= 4 is 0 Å². The van der Waals surface area contributed by atoms with Crippen molar-refractivity contribution in [1.82, 2.24) is 10.1 Å². The molecule has 0 saturated heterocycles. The molecule has 1 aromatic heterocycles. The third-order valence-corrected chi connectivity index (χ3v) is 2.73. The lowest BCUT2D eigenvalue weighted by atomic mass is 10.1. The van der Waals surface area contributed by atoms with Crippen molar-refractivity contribution in [3.63, 3.8) is 0 Å². The van der Waals surface area contributed by atoms with Crippen LogP contribution in [-0.4, -0.2) is 20.4 Å². The van der Waals surface area contributed by atoms with Gasteiger partial charge in [-0.3, -0.25) is 0 Å². The fraction of sp³-hybridized carbons (Fsp3) is 0.333. The fourth-order valence-corrected chi connectivity index (χ4v) is 1.47. The number of phenolic OH excluding ortho intramolecular Hbond substituents is 2. The normalized spacial score (nSPS) is 12.6. The highest BCUT2D eigenvalue weighted by atomic mass is 16.5. The van der Waals surface area contributed by atoms with Gasteiger partial charge in [-0.1, -0.05) is 25.1 Å². The van der Waals surface area contributed by atoms with Gasteiger partial charge in [-0.15, -0.1) is 0 Å². The van der Waals surface area contributed by atoms with E-state index in [0.29, 0.717) is 5.82 Å². The van der Waals surface area contributed by atoms with Crippen LogP contribution in [0, 0.1) is 0 Å². The van der Waals surface area contributed by atoms with Gasteiger partial charge in [0.25, 0.3) is 5.89 Å². The first-order valence-electron chi connectivity index (χ1n) is 5.48. The first-order valence-corrected chi connectivity index (χ1v) is 5.48. The molecule has 1 aromatic carbocycles. The molecular formula is C12H14N2O3. The zero-order valence-electron chi connectivity index (χ0n) is 9.71. The van der Waals surface area contributed by atoms with Crippen molar-refractivity contribution in [2.45, 2.75) is 26.2 Å². The van der Waals surface area contributed by atoms with E-state index < -0.39 is 0 Å². The van der Waals surface area contributed by atoms with Crippen LogP contribution in [0.25, 0.3) is 11.5 Å². The van der Waals surface area contributed by atoms with Crippen LogP contribution < -0.4 is 0 Å². The second-order valence-electron chi connectivity index (χ2n) is 3.94. The Morgan fingerprint density at radius 1 is 1.29 bits per heavy atom. The summed E-state index contributed by atoms with van der Waals surface area (Å²) in [4.78, 5) is 4.18. The predicted molar refractivity (Wildman–Crippen MR) is 61.8 cm³/mol. The molecule has 0 fully saturated rings. The minimum atomic E-state index is -0.0793. The van der Waals surface area contributed by atoms with Crippen molar-refractivity contribution in [2.24, 2.45) is 0 Å². The Hall–Kier alpha value is -2.04. The molecule has 5 heteroatoms. The Kier molecular flexibility index (Phi) is 2.99. The molecule has 0 bridgehead atoms. The molecular weight excluding hydrogens is 220 g/mol. The van der Waals surface area contributed by atoms with Gasteiger partial charge >= 0.3 is 0 Å². The molecule has 1 heterocycles. The summed E-state index contributed by atoms with van der Waals surface area (Å²) in [6.45, 7) is 4.01. The Labute approximate surface area is 98.7 Å². The Balaban J connectivity index is 2.44. The van der Waals surface area contributed by atoms with Crippen molar-refractivity contribution in [3.05, 3.63) is 24.0 Å². The topological polar surface area (TPSA) is 79.4 Å². The third kappa shape index (κ3) is 2.08. The fourth-order valence-electron chi connectivity index (χ4n) is 1.47. The van der Waals surface area contributed by atoms with Gasteiger partial charge in [0.05, 0.1) is 0 Å². The Bertz CT molecular complexity index is 502. The van der Waals surface area contributed by atoms with Crippen LogP contribution >= 0.6 is 0 Å². The first-order chi connectivity index (χ1) is 8.13. The number of benzene rings is 1. The van der Waals surface area contributed by atoms with Crippen LogP contribution in [0.4, 0.5) is 0 Å². The van der Waals surface area contributed by atoms with Crippen LogP contribution in [0.5, 0.6) is 11.5 Å². The Morgan fingerprint density at radius 3 is 2.53 bits per heavy atom. The maximum Gasteiger partial charge on any atom is 0.265 e. The number of phenols is 2. The molecule has 1 atom stereocenters. The lowest BCUT2D eigenvalue weighted by Crippen LogP contribution is -1.93. The highest BCUT2D eigenvalue weighted by molar-refractivity contribution is 5.69. The molecule has 0 radical (unpaired) electrons. The summed E-state index contributed by atoms with van der Waals surface area (Å²) in [5, 5.41) is 23.2. The standard InChI is InChI=1S/C12H14N2O3/c1-3-7(2)11-13-12(17-14-11)10-8(15)5-4-6-9(10)16/h4-7,15-16H,3H2,1-2H3. The van der Waals surface area contributed by atoms with Crippen LogP contribution in [0.2, 0.25) is 0 Å². The van der Waals surface area contributed by atoms with E-state index in [0.717, 1.165) is 6.42 Å². The van der Waals surface area contributed by atoms with Crippen LogP contribution in [0.15, 0.2) is 22.7 Å². The number of aromatic nitrogens is 2. The summed E-state index contributed by atoms with van der Waals surface area (Å²) in [5.74, 6) is 0.732. The van der Waals surface area contributed by atoms with E-state index in [1.807, 2.05) is 13.8 Å². The number of aromatic hydroxyl groups is 2. The predicted octanol–water partition coefficient (Wildman–Crippen LogP) is 2.66. The number of nitrogens with zero attached hydrogens (tertiary/aromatic N) is 2.